The van der Waals surface area contributed by atoms with E-state index >= 15 is 0 Å². The standard InChI is InChI=1S/C17H17Cl2NO2/c1-17(2,3)16(21)15(11-5-4-8-20-10-11)22-14-7-6-12(18)9-13(14)19/h4-10,15H,1-3H3. The molecule has 0 aliphatic carbocycles. The van der Waals surface area contributed by atoms with Crippen molar-refractivity contribution in [3.05, 3.63) is 58.3 Å². The Labute approximate surface area is 140 Å². The van der Waals surface area contributed by atoms with Gasteiger partial charge in [-0.2, -0.15) is 0 Å². The molecule has 0 saturated heterocycles. The van der Waals surface area contributed by atoms with E-state index in [2.05, 4.69) is 4.98 Å². The molecule has 1 heterocycles. The SMILES string of the molecule is CC(C)(C)C(=O)C(Oc1ccc(Cl)cc1Cl)c1cccnc1. The summed E-state index contributed by atoms with van der Waals surface area (Å²) in [6.45, 7) is 5.56. The predicted octanol–water partition coefficient (Wildman–Crippen LogP) is 5.12. The van der Waals surface area contributed by atoms with Gasteiger partial charge in [0, 0.05) is 28.4 Å². The van der Waals surface area contributed by atoms with Crippen molar-refractivity contribution in [1.29, 1.82) is 0 Å². The zero-order valence-corrected chi connectivity index (χ0v) is 14.2. The van der Waals surface area contributed by atoms with Gasteiger partial charge in [0.15, 0.2) is 11.9 Å². The fraction of sp³-hybridized carbons (Fsp3) is 0.294. The molecule has 0 bridgehead atoms. The summed E-state index contributed by atoms with van der Waals surface area (Å²) >= 11 is 12.0. The van der Waals surface area contributed by atoms with Crippen molar-refractivity contribution in [2.45, 2.75) is 26.9 Å². The number of hydrogen-bond donors (Lipinski definition) is 0. The van der Waals surface area contributed by atoms with Gasteiger partial charge in [-0.3, -0.25) is 9.78 Å². The predicted molar refractivity (Wildman–Crippen MR) is 88.5 cm³/mol. The van der Waals surface area contributed by atoms with Crippen LogP contribution in [0.3, 0.4) is 0 Å². The molecule has 5 heteroatoms. The minimum Gasteiger partial charge on any atom is -0.476 e. The van der Waals surface area contributed by atoms with Crippen LogP contribution in [0, 0.1) is 5.41 Å². The van der Waals surface area contributed by atoms with Crippen molar-refractivity contribution in [2.24, 2.45) is 5.41 Å². The molecule has 0 fully saturated rings. The Morgan fingerprint density at radius 2 is 1.95 bits per heavy atom. The minimum absolute atomic E-state index is 0.0495. The molecule has 0 radical (unpaired) electrons. The van der Waals surface area contributed by atoms with Crippen LogP contribution in [0.25, 0.3) is 0 Å². The monoisotopic (exact) mass is 337 g/mol. The number of hydrogen-bond acceptors (Lipinski definition) is 3. The maximum atomic E-state index is 12.7. The van der Waals surface area contributed by atoms with Crippen LogP contribution >= 0.6 is 23.2 Å². The Bertz CT molecular complexity index is 666. The Kier molecular flexibility index (Phi) is 5.09. The third kappa shape index (κ3) is 3.99. The fourth-order valence-electron chi connectivity index (χ4n) is 1.90. The molecule has 2 aromatic rings. The zero-order chi connectivity index (χ0) is 16.3. The van der Waals surface area contributed by atoms with Crippen molar-refractivity contribution in [2.75, 3.05) is 0 Å². The molecule has 2 rings (SSSR count). The number of aromatic nitrogens is 1. The number of carbonyl (C=O) groups is 1. The minimum atomic E-state index is -0.771. The lowest BCUT2D eigenvalue weighted by Gasteiger charge is -2.25. The number of benzene rings is 1. The van der Waals surface area contributed by atoms with Crippen molar-refractivity contribution < 1.29 is 9.53 Å². The van der Waals surface area contributed by atoms with E-state index in [1.54, 1.807) is 36.7 Å². The first-order valence-corrected chi connectivity index (χ1v) is 7.60. The quantitative estimate of drug-likeness (QED) is 0.776. The summed E-state index contributed by atoms with van der Waals surface area (Å²) in [5, 5.41) is 0.875. The first-order valence-electron chi connectivity index (χ1n) is 6.85. The van der Waals surface area contributed by atoms with Crippen molar-refractivity contribution in [1.82, 2.24) is 4.98 Å². The Hall–Kier alpha value is -1.58. The molecule has 0 spiro atoms. The first kappa shape index (κ1) is 16.8. The van der Waals surface area contributed by atoms with Crippen molar-refractivity contribution >= 4 is 29.0 Å². The number of carbonyl (C=O) groups excluding carboxylic acids is 1. The number of rotatable bonds is 4. The highest BCUT2D eigenvalue weighted by molar-refractivity contribution is 6.35. The molecule has 3 nitrogen and oxygen atoms in total. The van der Waals surface area contributed by atoms with Gasteiger partial charge < -0.3 is 4.74 Å². The van der Waals surface area contributed by atoms with Gasteiger partial charge >= 0.3 is 0 Å². The van der Waals surface area contributed by atoms with E-state index < -0.39 is 11.5 Å². The van der Waals surface area contributed by atoms with Gasteiger partial charge in [0.25, 0.3) is 0 Å². The van der Waals surface area contributed by atoms with Crippen molar-refractivity contribution in [3.63, 3.8) is 0 Å². The maximum Gasteiger partial charge on any atom is 0.184 e. The number of nitrogens with zero attached hydrogens (tertiary/aromatic N) is 1. The summed E-state index contributed by atoms with van der Waals surface area (Å²) < 4.78 is 5.89. The third-order valence-electron chi connectivity index (χ3n) is 3.10. The average molecular weight is 338 g/mol. The fourth-order valence-corrected chi connectivity index (χ4v) is 2.35. The molecule has 0 saturated carbocycles. The van der Waals surface area contributed by atoms with E-state index in [0.717, 1.165) is 0 Å². The van der Waals surface area contributed by atoms with E-state index in [1.807, 2.05) is 26.8 Å². The largest absolute Gasteiger partial charge is 0.476 e. The molecule has 0 N–H and O–H groups in total. The van der Waals surface area contributed by atoms with Gasteiger partial charge in [0.05, 0.1) is 5.02 Å². The normalized spacial score (nSPS) is 12.8. The van der Waals surface area contributed by atoms with Crippen LogP contribution in [0.5, 0.6) is 5.75 Å². The van der Waals surface area contributed by atoms with Gasteiger partial charge in [-0.1, -0.05) is 50.0 Å². The van der Waals surface area contributed by atoms with Gasteiger partial charge in [-0.25, -0.2) is 0 Å². The molecule has 0 aliphatic heterocycles. The first-order chi connectivity index (χ1) is 10.3. The molecule has 1 aromatic heterocycles. The third-order valence-corrected chi connectivity index (χ3v) is 3.63. The summed E-state index contributed by atoms with van der Waals surface area (Å²) in [5.41, 5.74) is 0.132. The molecule has 1 unspecified atom stereocenters. The number of halogens is 2. The molecule has 0 aliphatic rings. The van der Waals surface area contributed by atoms with Crippen LogP contribution < -0.4 is 4.74 Å². The highest BCUT2D eigenvalue weighted by Gasteiger charge is 2.33. The Morgan fingerprint density at radius 1 is 1.23 bits per heavy atom. The number of Topliss-reactive ketones (excluding diaryl/α,β-unsaturated/α-hetero) is 1. The molecule has 1 aromatic carbocycles. The van der Waals surface area contributed by atoms with Crippen LogP contribution in [-0.2, 0) is 4.79 Å². The topological polar surface area (TPSA) is 39.2 Å². The van der Waals surface area contributed by atoms with Gasteiger partial charge in [0.2, 0.25) is 0 Å². The summed E-state index contributed by atoms with van der Waals surface area (Å²) in [6, 6.07) is 8.49. The lowest BCUT2D eigenvalue weighted by molar-refractivity contribution is -0.133. The lowest BCUT2D eigenvalue weighted by atomic mass is 9.85. The summed E-state index contributed by atoms with van der Waals surface area (Å²) in [7, 11) is 0. The smallest absolute Gasteiger partial charge is 0.184 e. The molecular weight excluding hydrogens is 321 g/mol. The maximum absolute atomic E-state index is 12.7. The van der Waals surface area contributed by atoms with E-state index in [-0.39, 0.29) is 5.78 Å². The summed E-state index contributed by atoms with van der Waals surface area (Å²) in [5.74, 6) is 0.365. The van der Waals surface area contributed by atoms with Gasteiger partial charge in [0.1, 0.15) is 5.75 Å². The summed E-state index contributed by atoms with van der Waals surface area (Å²) in [6.07, 6.45) is 2.50. The molecule has 116 valence electrons. The number of ether oxygens (including phenoxy) is 1. The van der Waals surface area contributed by atoms with Gasteiger partial charge in [-0.05, 0) is 24.3 Å². The van der Waals surface area contributed by atoms with Crippen LogP contribution in [0.2, 0.25) is 10.0 Å². The summed E-state index contributed by atoms with van der Waals surface area (Å²) in [4.78, 5) is 16.8. The van der Waals surface area contributed by atoms with E-state index in [4.69, 9.17) is 27.9 Å². The van der Waals surface area contributed by atoms with Crippen LogP contribution in [0.15, 0.2) is 42.7 Å². The highest BCUT2D eigenvalue weighted by Crippen LogP contribution is 2.34. The lowest BCUT2D eigenvalue weighted by Crippen LogP contribution is -2.30. The molecule has 0 amide bonds. The van der Waals surface area contributed by atoms with E-state index in [9.17, 15) is 4.79 Å². The van der Waals surface area contributed by atoms with Crippen LogP contribution in [-0.4, -0.2) is 10.8 Å². The van der Waals surface area contributed by atoms with E-state index in [1.165, 1.54) is 0 Å². The second-order valence-electron chi connectivity index (χ2n) is 5.97. The number of ketones is 1. The van der Waals surface area contributed by atoms with Crippen LogP contribution in [0.4, 0.5) is 0 Å². The van der Waals surface area contributed by atoms with Crippen molar-refractivity contribution in [3.8, 4) is 5.75 Å². The van der Waals surface area contributed by atoms with E-state index in [0.29, 0.717) is 21.4 Å². The highest BCUT2D eigenvalue weighted by atomic mass is 35.5. The molecule has 1 atom stereocenters. The number of pyridine rings is 1. The zero-order valence-electron chi connectivity index (χ0n) is 12.6. The average Bonchev–Trinajstić information content (AvgIpc) is 2.46. The molecule has 22 heavy (non-hydrogen) atoms. The molecular formula is C17H17Cl2NO2. The Balaban J connectivity index is 2.39. The second kappa shape index (κ2) is 6.67. The van der Waals surface area contributed by atoms with Gasteiger partial charge in [-0.15, -0.1) is 0 Å². The van der Waals surface area contributed by atoms with Crippen LogP contribution in [0.1, 0.15) is 32.4 Å². The second-order valence-corrected chi connectivity index (χ2v) is 6.82. The Morgan fingerprint density at radius 3 is 2.50 bits per heavy atom.